The highest BCUT2D eigenvalue weighted by Gasteiger charge is 2.17. The van der Waals surface area contributed by atoms with E-state index in [1.165, 1.54) is 11.1 Å². The van der Waals surface area contributed by atoms with Crippen LogP contribution in [0.1, 0.15) is 17.2 Å². The predicted octanol–water partition coefficient (Wildman–Crippen LogP) is 2.98. The van der Waals surface area contributed by atoms with Crippen molar-refractivity contribution in [3.8, 4) is 11.5 Å². The van der Waals surface area contributed by atoms with Crippen LogP contribution in [0.4, 0.5) is 0 Å². The molecule has 0 saturated carbocycles. The van der Waals surface area contributed by atoms with Gasteiger partial charge in [-0.05, 0) is 53.6 Å². The molecular formula is C14H15NO2S. The fraction of sp³-hybridized carbons (Fsp3) is 0.286. The minimum absolute atomic E-state index is 0.300. The molecule has 18 heavy (non-hydrogen) atoms. The van der Waals surface area contributed by atoms with Gasteiger partial charge in [0.25, 0.3) is 0 Å². The van der Waals surface area contributed by atoms with Gasteiger partial charge in [-0.3, -0.25) is 0 Å². The van der Waals surface area contributed by atoms with Crippen LogP contribution in [-0.4, -0.2) is 13.8 Å². The van der Waals surface area contributed by atoms with Crippen LogP contribution in [0.5, 0.6) is 11.5 Å². The van der Waals surface area contributed by atoms with E-state index in [9.17, 15) is 0 Å². The summed E-state index contributed by atoms with van der Waals surface area (Å²) in [6.07, 6.45) is 0.986. The van der Waals surface area contributed by atoms with E-state index in [0.717, 1.165) is 17.9 Å². The molecule has 4 heteroatoms. The summed E-state index contributed by atoms with van der Waals surface area (Å²) in [7, 11) is 1.99. The highest BCUT2D eigenvalue weighted by Crippen LogP contribution is 2.34. The molecule has 1 aliphatic heterocycles. The number of ether oxygens (including phenoxy) is 2. The molecule has 2 heterocycles. The first-order valence-electron chi connectivity index (χ1n) is 5.94. The number of fused-ring (bicyclic) bond motifs is 1. The quantitative estimate of drug-likeness (QED) is 0.917. The molecule has 0 spiro atoms. The van der Waals surface area contributed by atoms with Crippen LogP contribution in [0.15, 0.2) is 35.0 Å². The van der Waals surface area contributed by atoms with E-state index in [4.69, 9.17) is 9.47 Å². The topological polar surface area (TPSA) is 30.5 Å². The molecule has 0 radical (unpaired) electrons. The largest absolute Gasteiger partial charge is 0.454 e. The Morgan fingerprint density at radius 1 is 1.28 bits per heavy atom. The highest BCUT2D eigenvalue weighted by atomic mass is 32.1. The SMILES string of the molecule is CNC(Cc1ccsc1)c1ccc2c(c1)OCO2. The van der Waals surface area contributed by atoms with Gasteiger partial charge in [-0.25, -0.2) is 0 Å². The molecular weight excluding hydrogens is 246 g/mol. The molecule has 0 saturated heterocycles. The van der Waals surface area contributed by atoms with Gasteiger partial charge < -0.3 is 14.8 Å². The van der Waals surface area contributed by atoms with Gasteiger partial charge in [-0.1, -0.05) is 6.07 Å². The van der Waals surface area contributed by atoms with Gasteiger partial charge in [0.1, 0.15) is 0 Å². The molecule has 3 nitrogen and oxygen atoms in total. The zero-order valence-corrected chi connectivity index (χ0v) is 11.0. The van der Waals surface area contributed by atoms with Crippen molar-refractivity contribution in [2.45, 2.75) is 12.5 Å². The van der Waals surface area contributed by atoms with Gasteiger partial charge in [-0.15, -0.1) is 0 Å². The first-order valence-corrected chi connectivity index (χ1v) is 6.89. The van der Waals surface area contributed by atoms with E-state index in [1.807, 2.05) is 13.1 Å². The Hall–Kier alpha value is -1.52. The molecule has 94 valence electrons. The Bertz CT molecular complexity index is 525. The van der Waals surface area contributed by atoms with E-state index < -0.39 is 0 Å². The first-order chi connectivity index (χ1) is 8.86. The molecule has 0 bridgehead atoms. The van der Waals surface area contributed by atoms with Gasteiger partial charge in [0.05, 0.1) is 0 Å². The lowest BCUT2D eigenvalue weighted by Crippen LogP contribution is -2.18. The van der Waals surface area contributed by atoms with Crippen molar-refractivity contribution in [1.29, 1.82) is 0 Å². The van der Waals surface area contributed by atoms with E-state index in [2.05, 4.69) is 34.3 Å². The Morgan fingerprint density at radius 2 is 2.17 bits per heavy atom. The van der Waals surface area contributed by atoms with Crippen molar-refractivity contribution in [3.63, 3.8) is 0 Å². The summed E-state index contributed by atoms with van der Waals surface area (Å²) in [5.74, 6) is 1.68. The maximum absolute atomic E-state index is 5.42. The fourth-order valence-corrected chi connectivity index (χ4v) is 2.84. The van der Waals surface area contributed by atoms with Crippen LogP contribution in [0.2, 0.25) is 0 Å². The van der Waals surface area contributed by atoms with Crippen LogP contribution in [0.25, 0.3) is 0 Å². The Balaban J connectivity index is 1.83. The van der Waals surface area contributed by atoms with Crippen LogP contribution in [0.3, 0.4) is 0 Å². The minimum Gasteiger partial charge on any atom is -0.454 e. The van der Waals surface area contributed by atoms with Crippen molar-refractivity contribution in [3.05, 3.63) is 46.2 Å². The Morgan fingerprint density at radius 3 is 2.94 bits per heavy atom. The lowest BCUT2D eigenvalue weighted by atomic mass is 10.0. The van der Waals surface area contributed by atoms with Gasteiger partial charge in [0.15, 0.2) is 11.5 Å². The van der Waals surface area contributed by atoms with Gasteiger partial charge in [-0.2, -0.15) is 11.3 Å². The van der Waals surface area contributed by atoms with Crippen molar-refractivity contribution < 1.29 is 9.47 Å². The monoisotopic (exact) mass is 261 g/mol. The third kappa shape index (κ3) is 2.21. The van der Waals surface area contributed by atoms with Crippen LogP contribution < -0.4 is 14.8 Å². The molecule has 0 amide bonds. The van der Waals surface area contributed by atoms with Crippen molar-refractivity contribution >= 4 is 11.3 Å². The normalized spacial score (nSPS) is 14.7. The molecule has 1 aliphatic rings. The summed E-state index contributed by atoms with van der Waals surface area (Å²) >= 11 is 1.73. The van der Waals surface area contributed by atoms with E-state index in [1.54, 1.807) is 11.3 Å². The third-order valence-corrected chi connectivity index (χ3v) is 3.90. The standard InChI is InChI=1S/C14H15NO2S/c1-15-12(6-10-4-5-18-8-10)11-2-3-13-14(7-11)17-9-16-13/h2-5,7-8,12,15H,6,9H2,1H3. The maximum atomic E-state index is 5.42. The molecule has 1 atom stereocenters. The Kier molecular flexibility index (Phi) is 3.21. The molecule has 3 rings (SSSR count). The summed E-state index contributed by atoms with van der Waals surface area (Å²) in [5.41, 5.74) is 2.59. The number of nitrogens with one attached hydrogen (secondary N) is 1. The predicted molar refractivity (Wildman–Crippen MR) is 72.4 cm³/mol. The van der Waals surface area contributed by atoms with Crippen molar-refractivity contribution in [1.82, 2.24) is 5.32 Å². The highest BCUT2D eigenvalue weighted by molar-refractivity contribution is 7.07. The molecule has 1 aromatic carbocycles. The zero-order valence-electron chi connectivity index (χ0n) is 10.2. The molecule has 1 aromatic heterocycles. The lowest BCUT2D eigenvalue weighted by molar-refractivity contribution is 0.174. The molecule has 0 aliphatic carbocycles. The van der Waals surface area contributed by atoms with E-state index in [0.29, 0.717) is 12.8 Å². The summed E-state index contributed by atoms with van der Waals surface area (Å²) in [6, 6.07) is 8.61. The summed E-state index contributed by atoms with van der Waals surface area (Å²) in [6.45, 7) is 0.327. The molecule has 0 fully saturated rings. The van der Waals surface area contributed by atoms with Crippen LogP contribution >= 0.6 is 11.3 Å². The van der Waals surface area contributed by atoms with Crippen LogP contribution in [0, 0.1) is 0 Å². The summed E-state index contributed by atoms with van der Waals surface area (Å²) in [5, 5.41) is 7.66. The van der Waals surface area contributed by atoms with Crippen LogP contribution in [-0.2, 0) is 6.42 Å². The number of thiophene rings is 1. The second kappa shape index (κ2) is 5.00. The summed E-state index contributed by atoms with van der Waals surface area (Å²) in [4.78, 5) is 0. The average Bonchev–Trinajstić information content (AvgIpc) is 3.06. The number of hydrogen-bond donors (Lipinski definition) is 1. The van der Waals surface area contributed by atoms with Gasteiger partial charge in [0, 0.05) is 6.04 Å². The number of likely N-dealkylation sites (N-methyl/N-ethyl adjacent to an activating group) is 1. The molecule has 1 unspecified atom stereocenters. The number of rotatable bonds is 4. The summed E-state index contributed by atoms with van der Waals surface area (Å²) < 4.78 is 10.8. The van der Waals surface area contributed by atoms with E-state index in [-0.39, 0.29) is 0 Å². The molecule has 1 N–H and O–H groups in total. The zero-order chi connectivity index (χ0) is 12.4. The molecule has 2 aromatic rings. The maximum Gasteiger partial charge on any atom is 0.231 e. The second-order valence-electron chi connectivity index (χ2n) is 4.29. The van der Waals surface area contributed by atoms with Crippen molar-refractivity contribution in [2.75, 3.05) is 13.8 Å². The Labute approximate surface area is 110 Å². The van der Waals surface area contributed by atoms with Gasteiger partial charge in [0.2, 0.25) is 6.79 Å². The fourth-order valence-electron chi connectivity index (χ4n) is 2.16. The number of hydrogen-bond acceptors (Lipinski definition) is 4. The van der Waals surface area contributed by atoms with Crippen molar-refractivity contribution in [2.24, 2.45) is 0 Å². The third-order valence-electron chi connectivity index (χ3n) is 3.17. The number of benzene rings is 1. The minimum atomic E-state index is 0.300. The smallest absolute Gasteiger partial charge is 0.231 e. The van der Waals surface area contributed by atoms with Gasteiger partial charge >= 0.3 is 0 Å². The van der Waals surface area contributed by atoms with E-state index >= 15 is 0 Å². The second-order valence-corrected chi connectivity index (χ2v) is 5.07. The average molecular weight is 261 g/mol. The first kappa shape index (κ1) is 11.6. The lowest BCUT2D eigenvalue weighted by Gasteiger charge is -2.16.